The molecule has 0 atom stereocenters. The first-order chi connectivity index (χ1) is 40.2. The molecule has 4 aromatic carbocycles. The average Bonchev–Trinajstić information content (AvgIpc) is 4.35. The zero-order valence-corrected chi connectivity index (χ0v) is 48.4. The minimum atomic E-state index is -3.26. The van der Waals surface area contributed by atoms with Gasteiger partial charge in [0.1, 0.15) is 11.6 Å². The maximum Gasteiger partial charge on any atom is 0.324 e. The molecule has 460 valence electrons. The van der Waals surface area contributed by atoms with Crippen molar-refractivity contribution in [3.05, 3.63) is 131 Å². The number of rotatable bonds is 13. The third kappa shape index (κ3) is 18.2. The molecule has 0 aliphatic carbocycles. The van der Waals surface area contributed by atoms with Gasteiger partial charge in [0, 0.05) is 125 Å². The summed E-state index contributed by atoms with van der Waals surface area (Å²) in [4.78, 5) is 33.9. The highest BCUT2D eigenvalue weighted by Gasteiger charge is 2.36. The van der Waals surface area contributed by atoms with E-state index in [-0.39, 0.29) is 129 Å². The summed E-state index contributed by atoms with van der Waals surface area (Å²) in [6.07, 6.45) is -6.43. The van der Waals surface area contributed by atoms with E-state index in [2.05, 4.69) is 41.6 Å². The van der Waals surface area contributed by atoms with Gasteiger partial charge < -0.3 is 24.0 Å². The van der Waals surface area contributed by atoms with E-state index in [1.54, 1.807) is 36.4 Å². The van der Waals surface area contributed by atoms with E-state index in [0.717, 1.165) is 17.2 Å². The third-order valence-electron chi connectivity index (χ3n) is 14.2. The van der Waals surface area contributed by atoms with Crippen LogP contribution in [0.2, 0.25) is 0 Å². The topological polar surface area (TPSA) is 208 Å². The number of amides is 4. The molecule has 4 saturated heterocycles. The van der Waals surface area contributed by atoms with Crippen molar-refractivity contribution in [1.29, 1.82) is 0 Å². The van der Waals surface area contributed by atoms with Crippen LogP contribution in [0.15, 0.2) is 93.8 Å². The maximum absolute atomic E-state index is 15.2. The molecule has 6 aromatic rings. The summed E-state index contributed by atoms with van der Waals surface area (Å²) in [7, 11) is -6.28. The number of likely N-dealkylation sites (tertiary alicyclic amines) is 2. The fourth-order valence-electron chi connectivity index (χ4n) is 9.18. The fourth-order valence-corrected chi connectivity index (χ4v) is 12.0. The monoisotopic (exact) mass is 1310 g/mol. The molecule has 0 bridgehead atoms. The second kappa shape index (κ2) is 27.8. The molecule has 31 heteroatoms. The van der Waals surface area contributed by atoms with Gasteiger partial charge >= 0.3 is 24.9 Å². The summed E-state index contributed by atoms with van der Waals surface area (Å²) in [5.74, 6) is -8.86. The largest absolute Gasteiger partial charge is 0.415 e. The first-order valence-corrected chi connectivity index (χ1v) is 31.3. The number of nitrogens with zero attached hydrogens (tertiary/aromatic N) is 9. The van der Waals surface area contributed by atoms with Gasteiger partial charge in [-0.05, 0) is 65.2 Å². The van der Waals surface area contributed by atoms with Crippen LogP contribution in [0, 0.1) is 11.6 Å². The Kier molecular flexibility index (Phi) is 21.0. The number of hydrogen-bond donors (Lipinski definition) is 1. The summed E-state index contributed by atoms with van der Waals surface area (Å²) >= 11 is 3.12. The van der Waals surface area contributed by atoms with Crippen LogP contribution in [0.3, 0.4) is 0 Å². The number of alkyl halides is 9. The molecule has 4 fully saturated rings. The normalized spacial score (nSPS) is 18.5. The molecule has 0 unspecified atom stereocenters. The number of carbonyl (C=O) groups excluding carboxylic acids is 2. The number of hydrogen-bond acceptors (Lipinski definition) is 14. The van der Waals surface area contributed by atoms with Crippen molar-refractivity contribution in [2.45, 2.75) is 75.3 Å². The summed E-state index contributed by atoms with van der Waals surface area (Å²) < 4.78 is 188. The van der Waals surface area contributed by atoms with Gasteiger partial charge in [-0.3, -0.25) is 14.7 Å². The van der Waals surface area contributed by atoms with Crippen molar-refractivity contribution in [2.24, 2.45) is 0 Å². The first-order valence-electron chi connectivity index (χ1n) is 26.5. The van der Waals surface area contributed by atoms with Crippen molar-refractivity contribution < 1.29 is 79.2 Å². The number of halogens is 11. The molecule has 4 amide bonds. The lowest BCUT2D eigenvalue weighted by molar-refractivity contribution is -0.0571. The predicted octanol–water partition coefficient (Wildman–Crippen LogP) is 10.8. The minimum Gasteiger partial charge on any atom is -0.415 e. The van der Waals surface area contributed by atoms with Gasteiger partial charge in [0.05, 0.1) is 29.6 Å². The summed E-state index contributed by atoms with van der Waals surface area (Å²) in [6, 6.07) is 21.3. The highest BCUT2D eigenvalue weighted by atomic mass is 79.9. The van der Waals surface area contributed by atoms with Crippen LogP contribution in [0.5, 0.6) is 0 Å². The molecule has 0 saturated carbocycles. The van der Waals surface area contributed by atoms with Crippen LogP contribution in [0.4, 0.5) is 64.9 Å². The third-order valence-corrected chi connectivity index (χ3v) is 18.1. The number of piperidine rings is 2. The van der Waals surface area contributed by atoms with E-state index in [1.807, 2.05) is 21.9 Å². The van der Waals surface area contributed by atoms with E-state index < -0.39 is 73.8 Å². The number of sulfone groups is 2. The van der Waals surface area contributed by atoms with Crippen molar-refractivity contribution in [2.75, 3.05) is 85.6 Å². The fraction of sp³-hybridized carbons (Fsp3) is 0.444. The molecule has 85 heavy (non-hydrogen) atoms. The Balaban J connectivity index is 0.000000185. The van der Waals surface area contributed by atoms with Crippen LogP contribution < -0.4 is 10.2 Å². The van der Waals surface area contributed by atoms with Gasteiger partial charge in [-0.2, -0.15) is 17.6 Å². The van der Waals surface area contributed by atoms with Gasteiger partial charge in [-0.25, -0.2) is 52.8 Å². The molecule has 4 aliphatic heterocycles. The molecule has 10 rings (SSSR count). The molecule has 6 heterocycles. The van der Waals surface area contributed by atoms with Crippen LogP contribution in [0.25, 0.3) is 22.9 Å². The minimum absolute atomic E-state index is 0.00572. The van der Waals surface area contributed by atoms with Crippen molar-refractivity contribution >= 4 is 59.0 Å². The van der Waals surface area contributed by atoms with Gasteiger partial charge in [-0.1, -0.05) is 52.3 Å². The van der Waals surface area contributed by atoms with Crippen LogP contribution in [0.1, 0.15) is 72.6 Å². The van der Waals surface area contributed by atoms with Crippen molar-refractivity contribution in [3.8, 4) is 22.9 Å². The Morgan fingerprint density at radius 3 is 1.39 bits per heavy atom. The Morgan fingerprint density at radius 1 is 0.576 bits per heavy atom. The molecule has 4 aliphatic rings. The standard InChI is InChI=1S/C27H28F5N5O4S.C17H23F2N3O3S.C10H6BrF3N2O/c28-22-15-19(24-33-34-25(41-24)23(29)30)3-4-20(22)17-37(26(38)36-11-13-42(39,40)14-12-36)21-5-1-18(2-6-21)16-35-9-7-27(31,32)8-10-35;18-17(19)5-7-21(8-6-17)13-14-1-3-15(4-2-14)20-16(23)22-9-11-26(24,25)12-10-22;11-4-6-2-1-5(3-7(6)12)9-15-16-10(17-9)8(13)14/h1-6,15,23H,7-14,16-17H2;1-4H,5-13H2,(H,20,23);1-3,8H,4H2. The van der Waals surface area contributed by atoms with Crippen molar-refractivity contribution in [1.82, 2.24) is 40.0 Å². The van der Waals surface area contributed by atoms with E-state index in [4.69, 9.17) is 8.83 Å². The molecular formula is C54H57BrF10N10O8S2. The lowest BCUT2D eigenvalue weighted by atomic mass is 10.1. The van der Waals surface area contributed by atoms with E-state index in [1.165, 1.54) is 45.0 Å². The molecule has 0 radical (unpaired) electrons. The quantitative estimate of drug-likeness (QED) is 0.0843. The van der Waals surface area contributed by atoms with Gasteiger partial charge in [-0.15, -0.1) is 20.4 Å². The van der Waals surface area contributed by atoms with E-state index in [0.29, 0.717) is 48.4 Å². The lowest BCUT2D eigenvalue weighted by Gasteiger charge is -2.33. The Hall–Kier alpha value is -6.70. The zero-order chi connectivity index (χ0) is 61.3. The molecular weight excluding hydrogens is 1250 g/mol. The highest BCUT2D eigenvalue weighted by molar-refractivity contribution is 9.08. The number of aromatic nitrogens is 4. The Bertz CT molecular complexity index is 3450. The van der Waals surface area contributed by atoms with E-state index in [9.17, 15) is 65.9 Å². The number of carbonyl (C=O) groups is 2. The second-order valence-corrected chi connectivity index (χ2v) is 25.6. The van der Waals surface area contributed by atoms with Gasteiger partial charge in [0.25, 0.3) is 23.6 Å². The molecule has 2 aromatic heterocycles. The van der Waals surface area contributed by atoms with E-state index >= 15 is 4.39 Å². The van der Waals surface area contributed by atoms with Gasteiger partial charge in [0.15, 0.2) is 19.7 Å². The molecule has 0 spiro atoms. The molecule has 1 N–H and O–H groups in total. The summed E-state index contributed by atoms with van der Waals surface area (Å²) in [5.41, 5.74) is 3.80. The summed E-state index contributed by atoms with van der Waals surface area (Å²) in [5, 5.41) is 16.5. The van der Waals surface area contributed by atoms with Crippen LogP contribution >= 0.6 is 15.9 Å². The maximum atomic E-state index is 15.2. The number of urea groups is 2. The number of benzene rings is 4. The van der Waals surface area contributed by atoms with Crippen LogP contribution in [-0.4, -0.2) is 156 Å². The second-order valence-electron chi connectivity index (χ2n) is 20.4. The Morgan fingerprint density at radius 2 is 0.988 bits per heavy atom. The predicted molar refractivity (Wildman–Crippen MR) is 295 cm³/mol. The lowest BCUT2D eigenvalue weighted by Crippen LogP contribution is -2.49. The highest BCUT2D eigenvalue weighted by Crippen LogP contribution is 2.32. The Labute approximate surface area is 490 Å². The summed E-state index contributed by atoms with van der Waals surface area (Å²) in [6.45, 7) is 2.49. The number of nitrogens with one attached hydrogen (secondary N) is 1. The number of anilines is 2. The molecule has 18 nitrogen and oxygen atoms in total. The average molecular weight is 1310 g/mol. The SMILES string of the molecule is Fc1cc(-c2nnc(C(F)F)o2)ccc1CBr.O=C(N1CCS(=O)(=O)CC1)N(Cc1ccc(-c2nnc(C(F)F)o2)cc1F)c1ccc(CN2CCC(F)(F)CC2)cc1.O=C(Nc1ccc(CN2CCC(F)(F)CC2)cc1)N1CCS(=O)(=O)CC1. The first kappa shape index (κ1) is 64.3. The zero-order valence-electron chi connectivity index (χ0n) is 45.1. The van der Waals surface area contributed by atoms with Gasteiger partial charge in [0.2, 0.25) is 11.8 Å². The smallest absolute Gasteiger partial charge is 0.324 e. The van der Waals surface area contributed by atoms with Crippen molar-refractivity contribution in [3.63, 3.8) is 0 Å². The van der Waals surface area contributed by atoms with Crippen LogP contribution in [-0.2, 0) is 44.6 Å².